The normalized spacial score (nSPS) is 16.8. The van der Waals surface area contributed by atoms with Crippen molar-refractivity contribution in [1.29, 1.82) is 0 Å². The zero-order chi connectivity index (χ0) is 13.1. The lowest BCUT2D eigenvalue weighted by Gasteiger charge is -2.23. The molecular formula is C14H16N2O3. The zero-order valence-corrected chi connectivity index (χ0v) is 10.6. The Kier molecular flexibility index (Phi) is 3.57. The van der Waals surface area contributed by atoms with E-state index in [0.717, 1.165) is 30.7 Å². The van der Waals surface area contributed by atoms with Crippen LogP contribution in [0.25, 0.3) is 11.0 Å². The molecule has 1 aliphatic heterocycles. The average molecular weight is 260 g/mol. The van der Waals surface area contributed by atoms with Crippen LogP contribution in [0.2, 0.25) is 0 Å². The van der Waals surface area contributed by atoms with E-state index < -0.39 is 0 Å². The quantitative estimate of drug-likeness (QED) is 0.840. The van der Waals surface area contributed by atoms with Gasteiger partial charge in [0, 0.05) is 13.0 Å². The largest absolute Gasteiger partial charge is 0.353 e. The number of fused-ring (bicyclic) bond motifs is 1. The predicted molar refractivity (Wildman–Crippen MR) is 70.9 cm³/mol. The van der Waals surface area contributed by atoms with Gasteiger partial charge in [0.05, 0.1) is 30.4 Å². The summed E-state index contributed by atoms with van der Waals surface area (Å²) in [5.74, 6) is 0. The van der Waals surface area contributed by atoms with E-state index in [1.54, 1.807) is 4.57 Å². The maximum Gasteiger partial charge on any atom is 0.269 e. The summed E-state index contributed by atoms with van der Waals surface area (Å²) >= 11 is 0. The highest BCUT2D eigenvalue weighted by Gasteiger charge is 2.14. The first kappa shape index (κ1) is 12.3. The molecule has 1 aromatic carbocycles. The van der Waals surface area contributed by atoms with E-state index in [1.165, 1.54) is 6.20 Å². The second-order valence-electron chi connectivity index (χ2n) is 4.55. The van der Waals surface area contributed by atoms with Crippen molar-refractivity contribution in [2.45, 2.75) is 25.7 Å². The molecule has 100 valence electrons. The number of para-hydroxylation sites is 2. The number of hydrogen-bond acceptors (Lipinski definition) is 4. The van der Waals surface area contributed by atoms with E-state index in [0.29, 0.717) is 13.0 Å². The summed E-state index contributed by atoms with van der Waals surface area (Å²) in [5, 5.41) is 0. The monoisotopic (exact) mass is 260 g/mol. The minimum Gasteiger partial charge on any atom is -0.353 e. The molecule has 0 amide bonds. The second-order valence-corrected chi connectivity index (χ2v) is 4.55. The molecule has 0 unspecified atom stereocenters. The Morgan fingerprint density at radius 1 is 1.26 bits per heavy atom. The molecule has 0 aliphatic carbocycles. The van der Waals surface area contributed by atoms with Gasteiger partial charge in [-0.1, -0.05) is 12.1 Å². The number of benzene rings is 1. The van der Waals surface area contributed by atoms with Crippen molar-refractivity contribution in [2.75, 3.05) is 13.2 Å². The third-order valence-corrected chi connectivity index (χ3v) is 3.24. The van der Waals surface area contributed by atoms with Crippen LogP contribution in [-0.2, 0) is 16.0 Å². The number of aryl methyl sites for hydroxylation is 1. The van der Waals surface area contributed by atoms with Crippen LogP contribution in [0.3, 0.4) is 0 Å². The molecule has 0 N–H and O–H groups in total. The fourth-order valence-corrected chi connectivity index (χ4v) is 2.28. The first-order valence-electron chi connectivity index (χ1n) is 6.52. The van der Waals surface area contributed by atoms with Gasteiger partial charge in [-0.25, -0.2) is 4.98 Å². The number of aromatic nitrogens is 2. The topological polar surface area (TPSA) is 53.4 Å². The molecule has 0 spiro atoms. The predicted octanol–water partition coefficient (Wildman–Crippen LogP) is 1.55. The van der Waals surface area contributed by atoms with E-state index in [2.05, 4.69) is 4.98 Å². The van der Waals surface area contributed by atoms with Crippen LogP contribution in [0.5, 0.6) is 0 Å². The number of ether oxygens (including phenoxy) is 2. The molecule has 0 bridgehead atoms. The summed E-state index contributed by atoms with van der Waals surface area (Å²) in [7, 11) is 0. The van der Waals surface area contributed by atoms with Crippen LogP contribution in [0.15, 0.2) is 35.3 Å². The summed E-state index contributed by atoms with van der Waals surface area (Å²) < 4.78 is 12.7. The summed E-state index contributed by atoms with van der Waals surface area (Å²) in [6.45, 7) is 2.04. The number of hydrogen-bond donors (Lipinski definition) is 0. The first-order chi connectivity index (χ1) is 9.34. The van der Waals surface area contributed by atoms with Crippen LogP contribution >= 0.6 is 0 Å². The maximum absolute atomic E-state index is 11.9. The average Bonchev–Trinajstić information content (AvgIpc) is 2.47. The molecule has 0 saturated carbocycles. The Bertz CT molecular complexity index is 617. The fraction of sp³-hybridized carbons (Fsp3) is 0.429. The highest BCUT2D eigenvalue weighted by Crippen LogP contribution is 2.12. The van der Waals surface area contributed by atoms with E-state index in [4.69, 9.17) is 9.47 Å². The van der Waals surface area contributed by atoms with Gasteiger partial charge >= 0.3 is 0 Å². The summed E-state index contributed by atoms with van der Waals surface area (Å²) in [6.07, 6.45) is 2.78. The Morgan fingerprint density at radius 2 is 2.05 bits per heavy atom. The van der Waals surface area contributed by atoms with Crippen molar-refractivity contribution < 1.29 is 9.47 Å². The third-order valence-electron chi connectivity index (χ3n) is 3.24. The van der Waals surface area contributed by atoms with Crippen molar-refractivity contribution >= 4 is 11.0 Å². The Morgan fingerprint density at radius 3 is 2.89 bits per heavy atom. The second kappa shape index (κ2) is 5.50. The van der Waals surface area contributed by atoms with Crippen LogP contribution in [-0.4, -0.2) is 29.1 Å². The van der Waals surface area contributed by atoms with E-state index in [-0.39, 0.29) is 11.8 Å². The smallest absolute Gasteiger partial charge is 0.269 e. The molecule has 0 atom stereocenters. The van der Waals surface area contributed by atoms with Crippen molar-refractivity contribution in [3.05, 3.63) is 40.8 Å². The molecule has 19 heavy (non-hydrogen) atoms. The molecule has 3 rings (SSSR count). The standard InChI is InChI=1S/C14H16N2O3/c17-13-10-15-11-4-1-2-5-12(11)16(13)7-6-14-18-8-3-9-19-14/h1-2,4-5,10,14H,3,6-9H2. The maximum atomic E-state index is 11.9. The van der Waals surface area contributed by atoms with Gasteiger partial charge in [0.2, 0.25) is 0 Å². The lowest BCUT2D eigenvalue weighted by molar-refractivity contribution is -0.182. The first-order valence-corrected chi connectivity index (χ1v) is 6.52. The minimum atomic E-state index is -0.201. The SMILES string of the molecule is O=c1cnc2ccccc2n1CCC1OCCCO1. The van der Waals surface area contributed by atoms with Crippen LogP contribution in [0.4, 0.5) is 0 Å². The van der Waals surface area contributed by atoms with E-state index in [9.17, 15) is 4.79 Å². The van der Waals surface area contributed by atoms with Gasteiger partial charge < -0.3 is 14.0 Å². The molecule has 1 fully saturated rings. The number of rotatable bonds is 3. The molecule has 1 aliphatic rings. The summed E-state index contributed by atoms with van der Waals surface area (Å²) in [5.41, 5.74) is 1.59. The lowest BCUT2D eigenvalue weighted by atomic mass is 10.3. The molecule has 1 aromatic heterocycles. The van der Waals surface area contributed by atoms with Crippen molar-refractivity contribution in [3.63, 3.8) is 0 Å². The van der Waals surface area contributed by atoms with Gasteiger partial charge in [0.1, 0.15) is 0 Å². The Hall–Kier alpha value is -1.72. The summed E-state index contributed by atoms with van der Waals surface area (Å²) in [6, 6.07) is 7.64. The molecule has 2 aromatic rings. The van der Waals surface area contributed by atoms with Gasteiger partial charge in [0.15, 0.2) is 6.29 Å². The van der Waals surface area contributed by atoms with Crippen LogP contribution in [0, 0.1) is 0 Å². The molecular weight excluding hydrogens is 244 g/mol. The minimum absolute atomic E-state index is 0.0884. The van der Waals surface area contributed by atoms with Gasteiger partial charge in [-0.15, -0.1) is 0 Å². The van der Waals surface area contributed by atoms with E-state index in [1.807, 2.05) is 24.3 Å². The van der Waals surface area contributed by atoms with Crippen LogP contribution in [0.1, 0.15) is 12.8 Å². The highest BCUT2D eigenvalue weighted by molar-refractivity contribution is 5.74. The van der Waals surface area contributed by atoms with Gasteiger partial charge in [-0.05, 0) is 18.6 Å². The lowest BCUT2D eigenvalue weighted by Crippen LogP contribution is -2.28. The van der Waals surface area contributed by atoms with Crippen molar-refractivity contribution in [1.82, 2.24) is 9.55 Å². The highest BCUT2D eigenvalue weighted by atomic mass is 16.7. The Labute approximate surface area is 110 Å². The van der Waals surface area contributed by atoms with Crippen molar-refractivity contribution in [3.8, 4) is 0 Å². The van der Waals surface area contributed by atoms with Gasteiger partial charge in [-0.2, -0.15) is 0 Å². The fourth-order valence-electron chi connectivity index (χ4n) is 2.28. The van der Waals surface area contributed by atoms with E-state index >= 15 is 0 Å². The Balaban J connectivity index is 1.83. The molecule has 5 heteroatoms. The van der Waals surface area contributed by atoms with Gasteiger partial charge in [0.25, 0.3) is 5.56 Å². The van der Waals surface area contributed by atoms with Gasteiger partial charge in [-0.3, -0.25) is 4.79 Å². The zero-order valence-electron chi connectivity index (χ0n) is 10.6. The number of nitrogens with zero attached hydrogens (tertiary/aromatic N) is 2. The molecule has 1 saturated heterocycles. The molecule has 5 nitrogen and oxygen atoms in total. The molecule has 0 radical (unpaired) electrons. The molecule has 2 heterocycles. The van der Waals surface area contributed by atoms with Crippen LogP contribution < -0.4 is 5.56 Å². The summed E-state index contributed by atoms with van der Waals surface area (Å²) in [4.78, 5) is 16.1. The third kappa shape index (κ3) is 2.67. The van der Waals surface area contributed by atoms with Crippen molar-refractivity contribution in [2.24, 2.45) is 0 Å².